The summed E-state index contributed by atoms with van der Waals surface area (Å²) in [6.45, 7) is 5.50. The molecule has 0 bridgehead atoms. The van der Waals surface area contributed by atoms with Gasteiger partial charge in [-0.05, 0) is 44.1 Å². The SMILES string of the molecule is c1cc(CN2CC[C@H]3O[C@H](COCC4CCOCC4)CC[C@H]32)co1. The minimum absolute atomic E-state index is 0.278. The van der Waals surface area contributed by atoms with Crippen molar-refractivity contribution in [1.29, 1.82) is 0 Å². The molecule has 3 fully saturated rings. The van der Waals surface area contributed by atoms with Gasteiger partial charge in [-0.1, -0.05) is 0 Å². The minimum Gasteiger partial charge on any atom is -0.472 e. The first-order valence-corrected chi connectivity index (χ1v) is 9.44. The molecule has 5 heteroatoms. The maximum Gasteiger partial charge on any atom is 0.0947 e. The lowest BCUT2D eigenvalue weighted by atomic mass is 9.99. The van der Waals surface area contributed by atoms with Crippen LogP contribution < -0.4 is 0 Å². The molecule has 0 amide bonds. The van der Waals surface area contributed by atoms with E-state index in [2.05, 4.69) is 11.0 Å². The molecule has 5 nitrogen and oxygen atoms in total. The van der Waals surface area contributed by atoms with Gasteiger partial charge in [0.2, 0.25) is 0 Å². The molecular formula is C19H29NO4. The highest BCUT2D eigenvalue weighted by molar-refractivity contribution is 5.07. The van der Waals surface area contributed by atoms with Gasteiger partial charge in [0.05, 0.1) is 31.3 Å². The number of fused-ring (bicyclic) bond motifs is 1. The van der Waals surface area contributed by atoms with Crippen LogP contribution in [0.15, 0.2) is 23.0 Å². The fourth-order valence-corrected chi connectivity index (χ4v) is 4.30. The van der Waals surface area contributed by atoms with Crippen molar-refractivity contribution in [2.24, 2.45) is 5.92 Å². The van der Waals surface area contributed by atoms with Gasteiger partial charge in [-0.2, -0.15) is 0 Å². The van der Waals surface area contributed by atoms with Gasteiger partial charge in [0.15, 0.2) is 0 Å². The Morgan fingerprint density at radius 2 is 2.00 bits per heavy atom. The molecule has 0 aromatic carbocycles. The van der Waals surface area contributed by atoms with E-state index in [4.69, 9.17) is 18.6 Å². The maximum atomic E-state index is 6.33. The number of hydrogen-bond donors (Lipinski definition) is 0. The first-order valence-electron chi connectivity index (χ1n) is 9.44. The summed E-state index contributed by atoms with van der Waals surface area (Å²) < 4.78 is 22.9. The number of ether oxygens (including phenoxy) is 3. The molecule has 24 heavy (non-hydrogen) atoms. The van der Waals surface area contributed by atoms with Crippen LogP contribution in [0.2, 0.25) is 0 Å². The van der Waals surface area contributed by atoms with Crippen LogP contribution in [0, 0.1) is 5.92 Å². The van der Waals surface area contributed by atoms with Crippen molar-refractivity contribution in [2.75, 3.05) is 33.0 Å². The van der Waals surface area contributed by atoms with Gasteiger partial charge in [-0.3, -0.25) is 4.90 Å². The van der Waals surface area contributed by atoms with Gasteiger partial charge in [0, 0.05) is 44.5 Å². The van der Waals surface area contributed by atoms with Crippen LogP contribution in [-0.2, 0) is 20.8 Å². The van der Waals surface area contributed by atoms with E-state index in [0.717, 1.165) is 65.2 Å². The standard InChI is InChI=1S/C19H29NO4/c1-2-18-19(3-7-20(18)11-16-6-10-22-13-16)24-17(1)14-23-12-15-4-8-21-9-5-15/h6,10,13,15,17-19H,1-5,7-9,11-12,14H2/t17-,18+,19+/m0/s1. The summed E-state index contributed by atoms with van der Waals surface area (Å²) in [7, 11) is 0. The number of nitrogens with zero attached hydrogens (tertiary/aromatic N) is 1. The van der Waals surface area contributed by atoms with Crippen LogP contribution in [0.1, 0.15) is 37.7 Å². The first-order chi connectivity index (χ1) is 11.9. The third kappa shape index (κ3) is 4.02. The van der Waals surface area contributed by atoms with Crippen LogP contribution in [0.3, 0.4) is 0 Å². The Balaban J connectivity index is 1.19. The lowest BCUT2D eigenvalue weighted by molar-refractivity contribution is -0.105. The summed E-state index contributed by atoms with van der Waals surface area (Å²) in [5.74, 6) is 0.673. The first kappa shape index (κ1) is 16.6. The molecule has 4 heterocycles. The molecule has 3 saturated heterocycles. The highest BCUT2D eigenvalue weighted by atomic mass is 16.5. The molecule has 134 valence electrons. The predicted molar refractivity (Wildman–Crippen MR) is 89.8 cm³/mol. The minimum atomic E-state index is 0.278. The van der Waals surface area contributed by atoms with E-state index >= 15 is 0 Å². The van der Waals surface area contributed by atoms with Crippen molar-refractivity contribution >= 4 is 0 Å². The van der Waals surface area contributed by atoms with E-state index in [1.54, 1.807) is 6.26 Å². The Hall–Kier alpha value is -0.880. The zero-order chi connectivity index (χ0) is 16.2. The molecule has 0 spiro atoms. The molecule has 0 unspecified atom stereocenters. The van der Waals surface area contributed by atoms with Crippen LogP contribution in [0.25, 0.3) is 0 Å². The highest BCUT2D eigenvalue weighted by Gasteiger charge is 2.39. The molecule has 1 aromatic rings. The Kier molecular flexibility index (Phi) is 5.53. The van der Waals surface area contributed by atoms with Gasteiger partial charge < -0.3 is 18.6 Å². The normalized spacial score (nSPS) is 32.1. The van der Waals surface area contributed by atoms with Crippen LogP contribution >= 0.6 is 0 Å². The molecule has 3 aliphatic rings. The molecule has 1 aromatic heterocycles. The Morgan fingerprint density at radius 3 is 2.83 bits per heavy atom. The van der Waals surface area contributed by atoms with Gasteiger partial charge >= 0.3 is 0 Å². The molecule has 4 rings (SSSR count). The van der Waals surface area contributed by atoms with Crippen molar-refractivity contribution in [2.45, 2.75) is 56.9 Å². The molecule has 3 atom stereocenters. The third-order valence-corrected chi connectivity index (χ3v) is 5.71. The maximum absolute atomic E-state index is 6.33. The summed E-state index contributed by atoms with van der Waals surface area (Å²) in [6.07, 6.45) is 10.0. The highest BCUT2D eigenvalue weighted by Crippen LogP contribution is 2.32. The van der Waals surface area contributed by atoms with Gasteiger partial charge in [-0.25, -0.2) is 0 Å². The van der Waals surface area contributed by atoms with Crippen LogP contribution in [0.5, 0.6) is 0 Å². The molecule has 0 saturated carbocycles. The fourth-order valence-electron chi connectivity index (χ4n) is 4.30. The Labute approximate surface area is 144 Å². The Morgan fingerprint density at radius 1 is 1.08 bits per heavy atom. The second-order valence-corrected chi connectivity index (χ2v) is 7.43. The molecular weight excluding hydrogens is 306 g/mol. The number of hydrogen-bond acceptors (Lipinski definition) is 5. The zero-order valence-electron chi connectivity index (χ0n) is 14.4. The third-order valence-electron chi connectivity index (χ3n) is 5.71. The summed E-state index contributed by atoms with van der Waals surface area (Å²) in [4.78, 5) is 2.55. The van der Waals surface area contributed by atoms with Crippen molar-refractivity contribution in [1.82, 2.24) is 4.90 Å². The van der Waals surface area contributed by atoms with E-state index in [9.17, 15) is 0 Å². The van der Waals surface area contributed by atoms with E-state index in [0.29, 0.717) is 18.1 Å². The van der Waals surface area contributed by atoms with Gasteiger partial charge in [0.25, 0.3) is 0 Å². The zero-order valence-corrected chi connectivity index (χ0v) is 14.4. The topological polar surface area (TPSA) is 44.1 Å². The van der Waals surface area contributed by atoms with E-state index in [-0.39, 0.29) is 6.10 Å². The summed E-state index contributed by atoms with van der Waals surface area (Å²) >= 11 is 0. The van der Waals surface area contributed by atoms with Crippen molar-refractivity contribution < 1.29 is 18.6 Å². The second-order valence-electron chi connectivity index (χ2n) is 7.43. The molecule has 0 radical (unpaired) electrons. The van der Waals surface area contributed by atoms with E-state index < -0.39 is 0 Å². The van der Waals surface area contributed by atoms with Gasteiger partial charge in [-0.15, -0.1) is 0 Å². The summed E-state index contributed by atoms with van der Waals surface area (Å²) in [6, 6.07) is 2.62. The lowest BCUT2D eigenvalue weighted by Crippen LogP contribution is -2.43. The number of furan rings is 1. The van der Waals surface area contributed by atoms with Crippen molar-refractivity contribution in [3.63, 3.8) is 0 Å². The molecule has 3 aliphatic heterocycles. The van der Waals surface area contributed by atoms with E-state index in [1.165, 1.54) is 12.0 Å². The smallest absolute Gasteiger partial charge is 0.0947 e. The van der Waals surface area contributed by atoms with Crippen molar-refractivity contribution in [3.05, 3.63) is 24.2 Å². The largest absolute Gasteiger partial charge is 0.472 e. The Bertz CT molecular complexity index is 486. The average Bonchev–Trinajstić information content (AvgIpc) is 3.26. The quantitative estimate of drug-likeness (QED) is 0.800. The van der Waals surface area contributed by atoms with Crippen molar-refractivity contribution in [3.8, 4) is 0 Å². The monoisotopic (exact) mass is 335 g/mol. The summed E-state index contributed by atoms with van der Waals surface area (Å²) in [5, 5.41) is 0. The second kappa shape index (κ2) is 8.00. The van der Waals surface area contributed by atoms with Gasteiger partial charge in [0.1, 0.15) is 0 Å². The average molecular weight is 335 g/mol. The van der Waals surface area contributed by atoms with E-state index in [1.807, 2.05) is 6.26 Å². The number of rotatable bonds is 6. The van der Waals surface area contributed by atoms with Crippen LogP contribution in [0.4, 0.5) is 0 Å². The molecule has 0 aliphatic carbocycles. The lowest BCUT2D eigenvalue weighted by Gasteiger charge is -2.36. The van der Waals surface area contributed by atoms with Crippen LogP contribution in [-0.4, -0.2) is 56.1 Å². The molecule has 0 N–H and O–H groups in total. The predicted octanol–water partition coefficient (Wildman–Crippen LogP) is 2.84. The number of likely N-dealkylation sites (tertiary alicyclic amines) is 1. The summed E-state index contributed by atoms with van der Waals surface area (Å²) in [5.41, 5.74) is 1.26. The fraction of sp³-hybridized carbons (Fsp3) is 0.789.